The zero-order valence-corrected chi connectivity index (χ0v) is 16.7. The number of benzene rings is 2. The Balaban J connectivity index is 1.67. The van der Waals surface area contributed by atoms with Crippen LogP contribution in [-0.4, -0.2) is 29.4 Å². The SMILES string of the molecule is COC(=O)c1ccc(CCNc2ccc3cnn(C(C)I)c3c2)c(F)c1. The summed E-state index contributed by atoms with van der Waals surface area (Å²) in [6.45, 7) is 2.65. The highest BCUT2D eigenvalue weighted by Crippen LogP contribution is 2.24. The van der Waals surface area contributed by atoms with E-state index < -0.39 is 11.8 Å². The first-order valence-corrected chi connectivity index (χ1v) is 9.46. The van der Waals surface area contributed by atoms with E-state index in [-0.39, 0.29) is 9.61 Å². The second-order valence-corrected chi connectivity index (χ2v) is 7.71. The van der Waals surface area contributed by atoms with Crippen LogP contribution >= 0.6 is 22.6 Å². The van der Waals surface area contributed by atoms with E-state index in [4.69, 9.17) is 0 Å². The first-order chi connectivity index (χ1) is 12.5. The van der Waals surface area contributed by atoms with Gasteiger partial charge in [0.1, 0.15) is 9.87 Å². The summed E-state index contributed by atoms with van der Waals surface area (Å²) >= 11 is 2.32. The molecule has 0 aliphatic carbocycles. The maximum atomic E-state index is 14.1. The molecule has 0 fully saturated rings. The number of alkyl halides is 1. The van der Waals surface area contributed by atoms with Crippen LogP contribution in [-0.2, 0) is 11.2 Å². The van der Waals surface area contributed by atoms with Gasteiger partial charge >= 0.3 is 5.97 Å². The quantitative estimate of drug-likeness (QED) is 0.328. The van der Waals surface area contributed by atoms with Crippen LogP contribution in [0.25, 0.3) is 10.9 Å². The van der Waals surface area contributed by atoms with E-state index in [1.54, 1.807) is 12.1 Å². The van der Waals surface area contributed by atoms with Gasteiger partial charge in [-0.1, -0.05) is 28.7 Å². The van der Waals surface area contributed by atoms with E-state index in [1.165, 1.54) is 13.2 Å². The van der Waals surface area contributed by atoms with Crippen LogP contribution < -0.4 is 5.32 Å². The predicted octanol–water partition coefficient (Wildman–Crippen LogP) is 4.57. The van der Waals surface area contributed by atoms with Crippen molar-refractivity contribution in [2.75, 3.05) is 19.0 Å². The maximum absolute atomic E-state index is 14.1. The number of nitrogens with zero attached hydrogens (tertiary/aromatic N) is 2. The van der Waals surface area contributed by atoms with E-state index >= 15 is 0 Å². The Labute approximate surface area is 164 Å². The molecule has 1 N–H and O–H groups in total. The van der Waals surface area contributed by atoms with Crippen molar-refractivity contribution in [1.29, 1.82) is 0 Å². The molecule has 0 aliphatic rings. The van der Waals surface area contributed by atoms with Gasteiger partial charge in [0, 0.05) is 17.6 Å². The highest BCUT2D eigenvalue weighted by atomic mass is 127. The standard InChI is InChI=1S/C19H19FIN3O2/c1-12(21)24-18-10-16(6-5-15(18)11-23-24)22-8-7-13-3-4-14(9-17(13)20)19(25)26-2/h3-6,9-12,22H,7-8H2,1-2H3. The molecule has 3 rings (SSSR count). The van der Waals surface area contributed by atoms with Crippen molar-refractivity contribution in [3.63, 3.8) is 0 Å². The number of anilines is 1. The summed E-state index contributed by atoms with van der Waals surface area (Å²) in [6, 6.07) is 10.5. The molecule has 0 radical (unpaired) electrons. The van der Waals surface area contributed by atoms with Crippen LogP contribution in [0, 0.1) is 5.82 Å². The Hall–Kier alpha value is -2.16. The van der Waals surface area contributed by atoms with E-state index in [0.717, 1.165) is 16.6 Å². The van der Waals surface area contributed by atoms with Crippen molar-refractivity contribution in [3.8, 4) is 0 Å². The Morgan fingerprint density at radius 2 is 2.15 bits per heavy atom. The summed E-state index contributed by atoms with van der Waals surface area (Å²) in [5.41, 5.74) is 2.79. The molecule has 0 aliphatic heterocycles. The van der Waals surface area contributed by atoms with Gasteiger partial charge in [0.15, 0.2) is 0 Å². The number of carbonyl (C=O) groups is 1. The number of esters is 1. The van der Waals surface area contributed by atoms with Gasteiger partial charge in [-0.25, -0.2) is 9.18 Å². The number of halogens is 2. The molecule has 1 atom stereocenters. The van der Waals surface area contributed by atoms with Gasteiger partial charge in [-0.3, -0.25) is 4.68 Å². The minimum atomic E-state index is -0.539. The normalized spacial score (nSPS) is 12.2. The topological polar surface area (TPSA) is 56.1 Å². The minimum Gasteiger partial charge on any atom is -0.465 e. The number of aromatic nitrogens is 2. The average molecular weight is 467 g/mol. The zero-order chi connectivity index (χ0) is 18.7. The summed E-state index contributed by atoms with van der Waals surface area (Å²) < 4.78 is 20.9. The third kappa shape index (κ3) is 3.98. The molecule has 3 aromatic rings. The molecule has 0 spiro atoms. The molecule has 7 heteroatoms. The molecule has 0 saturated carbocycles. The van der Waals surface area contributed by atoms with Crippen LogP contribution in [0.3, 0.4) is 0 Å². The lowest BCUT2D eigenvalue weighted by Gasteiger charge is -2.10. The van der Waals surface area contributed by atoms with Crippen molar-refractivity contribution in [2.45, 2.75) is 17.4 Å². The minimum absolute atomic E-state index is 0.216. The second kappa shape index (κ2) is 8.03. The summed E-state index contributed by atoms with van der Waals surface area (Å²) in [4.78, 5) is 11.4. The Morgan fingerprint density at radius 1 is 1.35 bits per heavy atom. The molecule has 26 heavy (non-hydrogen) atoms. The van der Waals surface area contributed by atoms with Gasteiger partial charge in [-0.2, -0.15) is 5.10 Å². The lowest BCUT2D eigenvalue weighted by atomic mass is 10.1. The second-order valence-electron chi connectivity index (χ2n) is 5.91. The monoisotopic (exact) mass is 467 g/mol. The molecular formula is C19H19FIN3O2. The average Bonchev–Trinajstić information content (AvgIpc) is 3.05. The van der Waals surface area contributed by atoms with E-state index in [2.05, 4.69) is 44.7 Å². The molecule has 0 saturated heterocycles. The van der Waals surface area contributed by atoms with Crippen LogP contribution in [0.15, 0.2) is 42.6 Å². The lowest BCUT2D eigenvalue weighted by molar-refractivity contribution is 0.0600. The van der Waals surface area contributed by atoms with Crippen LogP contribution in [0.4, 0.5) is 10.1 Å². The largest absolute Gasteiger partial charge is 0.465 e. The molecule has 0 bridgehead atoms. The Bertz CT molecular complexity index is 940. The van der Waals surface area contributed by atoms with Gasteiger partial charge in [-0.05, 0) is 49.2 Å². The van der Waals surface area contributed by atoms with Crippen LogP contribution in [0.2, 0.25) is 0 Å². The highest BCUT2D eigenvalue weighted by Gasteiger charge is 2.10. The predicted molar refractivity (Wildman–Crippen MR) is 108 cm³/mol. The fraction of sp³-hybridized carbons (Fsp3) is 0.263. The first-order valence-electron chi connectivity index (χ1n) is 8.21. The first kappa shape index (κ1) is 18.6. The van der Waals surface area contributed by atoms with Gasteiger partial charge in [-0.15, -0.1) is 0 Å². The fourth-order valence-electron chi connectivity index (χ4n) is 2.77. The number of ether oxygens (including phenoxy) is 1. The number of fused-ring (bicyclic) bond motifs is 1. The number of hydrogen-bond donors (Lipinski definition) is 1. The lowest BCUT2D eigenvalue weighted by Crippen LogP contribution is -2.08. The highest BCUT2D eigenvalue weighted by molar-refractivity contribution is 14.1. The van der Waals surface area contributed by atoms with Crippen molar-refractivity contribution >= 4 is 45.2 Å². The van der Waals surface area contributed by atoms with E-state index in [0.29, 0.717) is 18.5 Å². The van der Waals surface area contributed by atoms with Gasteiger partial charge < -0.3 is 10.1 Å². The number of carbonyl (C=O) groups excluding carboxylic acids is 1. The van der Waals surface area contributed by atoms with Crippen molar-refractivity contribution in [1.82, 2.24) is 9.78 Å². The summed E-state index contributed by atoms with van der Waals surface area (Å²) in [6.07, 6.45) is 2.36. The van der Waals surface area contributed by atoms with Gasteiger partial charge in [0.05, 0.1) is 24.4 Å². The zero-order valence-electron chi connectivity index (χ0n) is 14.5. The van der Waals surface area contributed by atoms with E-state index in [1.807, 2.05) is 29.1 Å². The van der Waals surface area contributed by atoms with E-state index in [9.17, 15) is 9.18 Å². The molecule has 1 heterocycles. The number of hydrogen-bond acceptors (Lipinski definition) is 4. The third-order valence-corrected chi connectivity index (χ3v) is 4.66. The van der Waals surface area contributed by atoms with Gasteiger partial charge in [0.25, 0.3) is 0 Å². The van der Waals surface area contributed by atoms with Crippen LogP contribution in [0.1, 0.15) is 26.9 Å². The number of methoxy groups -OCH3 is 1. The van der Waals surface area contributed by atoms with Gasteiger partial charge in [0.2, 0.25) is 0 Å². The molecule has 5 nitrogen and oxygen atoms in total. The summed E-state index contributed by atoms with van der Waals surface area (Å²) in [7, 11) is 1.28. The third-order valence-electron chi connectivity index (χ3n) is 4.13. The fourth-order valence-corrected chi connectivity index (χ4v) is 3.21. The van der Waals surface area contributed by atoms with Crippen LogP contribution in [0.5, 0.6) is 0 Å². The summed E-state index contributed by atoms with van der Waals surface area (Å²) in [5, 5.41) is 8.80. The molecule has 136 valence electrons. The maximum Gasteiger partial charge on any atom is 0.337 e. The Kier molecular flexibility index (Phi) is 5.75. The van der Waals surface area contributed by atoms with Crippen molar-refractivity contribution < 1.29 is 13.9 Å². The molecule has 1 aromatic heterocycles. The number of rotatable bonds is 6. The molecule has 0 amide bonds. The Morgan fingerprint density at radius 3 is 2.85 bits per heavy atom. The summed E-state index contributed by atoms with van der Waals surface area (Å²) in [5.74, 6) is -0.940. The molecular weight excluding hydrogens is 448 g/mol. The smallest absolute Gasteiger partial charge is 0.337 e. The van der Waals surface area contributed by atoms with Crippen molar-refractivity contribution in [3.05, 3.63) is 59.5 Å². The molecule has 1 unspecified atom stereocenters. The molecule has 2 aromatic carbocycles. The van der Waals surface area contributed by atoms with Crippen molar-refractivity contribution in [2.24, 2.45) is 0 Å². The number of nitrogens with one attached hydrogen (secondary N) is 1.